The van der Waals surface area contributed by atoms with Gasteiger partial charge in [0.2, 0.25) is 0 Å². The van der Waals surface area contributed by atoms with E-state index in [0.29, 0.717) is 17.8 Å². The van der Waals surface area contributed by atoms with Gasteiger partial charge in [-0.2, -0.15) is 0 Å². The number of aliphatic hydroxyl groups excluding tert-OH is 1. The van der Waals surface area contributed by atoms with Gasteiger partial charge in [0.15, 0.2) is 0 Å². The van der Waals surface area contributed by atoms with Gasteiger partial charge in [0.25, 0.3) is 0 Å². The Bertz CT molecular complexity index is 673. The summed E-state index contributed by atoms with van der Waals surface area (Å²) in [6, 6.07) is 13.6. The third-order valence-electron chi connectivity index (χ3n) is 3.68. The molecule has 0 aliphatic heterocycles. The summed E-state index contributed by atoms with van der Waals surface area (Å²) in [5, 5.41) is 25.3. The number of aliphatic hydroxyl groups is 1. The molecular weight excluding hydrogens is 306 g/mol. The number of benzene rings is 2. The van der Waals surface area contributed by atoms with E-state index in [1.165, 1.54) is 0 Å². The van der Waals surface area contributed by atoms with Crippen molar-refractivity contribution >= 4 is 11.7 Å². The first-order valence-electron chi connectivity index (χ1n) is 7.80. The molecule has 0 aliphatic carbocycles. The molecule has 0 saturated carbocycles. The van der Waals surface area contributed by atoms with Gasteiger partial charge in [-0.1, -0.05) is 24.3 Å². The number of hydrogen-bond acceptors (Lipinski definition) is 4. The van der Waals surface area contributed by atoms with Crippen molar-refractivity contribution in [2.75, 3.05) is 11.9 Å². The topological polar surface area (TPSA) is 108 Å². The van der Waals surface area contributed by atoms with Crippen LogP contribution < -0.4 is 16.4 Å². The van der Waals surface area contributed by atoms with E-state index in [2.05, 4.69) is 10.6 Å². The van der Waals surface area contributed by atoms with E-state index < -0.39 is 12.1 Å². The molecule has 128 valence electrons. The molecule has 6 nitrogen and oxygen atoms in total. The van der Waals surface area contributed by atoms with Crippen LogP contribution >= 0.6 is 0 Å². The predicted octanol–water partition coefficient (Wildman–Crippen LogP) is 2.14. The van der Waals surface area contributed by atoms with Gasteiger partial charge in [-0.05, 0) is 48.7 Å². The zero-order chi connectivity index (χ0) is 17.5. The van der Waals surface area contributed by atoms with Gasteiger partial charge in [0.1, 0.15) is 5.75 Å². The molecule has 0 aromatic heterocycles. The fourth-order valence-electron chi connectivity index (χ4n) is 2.45. The quantitative estimate of drug-likeness (QED) is 0.536. The normalized spacial score (nSPS) is 13.2. The molecule has 0 bridgehead atoms. The van der Waals surface area contributed by atoms with Crippen LogP contribution in [0.1, 0.15) is 24.2 Å². The van der Waals surface area contributed by atoms with Crippen molar-refractivity contribution in [3.63, 3.8) is 0 Å². The molecule has 2 atom stereocenters. The van der Waals surface area contributed by atoms with E-state index in [9.17, 15) is 15.0 Å². The summed E-state index contributed by atoms with van der Waals surface area (Å²) in [5.41, 5.74) is 7.45. The van der Waals surface area contributed by atoms with Crippen LogP contribution in [0.2, 0.25) is 0 Å². The van der Waals surface area contributed by atoms with Crippen LogP contribution in [0, 0.1) is 0 Å². The van der Waals surface area contributed by atoms with Crippen molar-refractivity contribution < 1.29 is 15.0 Å². The van der Waals surface area contributed by atoms with Crippen molar-refractivity contribution in [2.24, 2.45) is 5.73 Å². The van der Waals surface area contributed by atoms with Crippen LogP contribution in [-0.2, 0) is 6.42 Å². The van der Waals surface area contributed by atoms with Crippen molar-refractivity contribution in [3.8, 4) is 5.75 Å². The molecule has 0 heterocycles. The molecule has 0 fully saturated rings. The van der Waals surface area contributed by atoms with E-state index >= 15 is 0 Å². The van der Waals surface area contributed by atoms with Crippen molar-refractivity contribution in [1.29, 1.82) is 0 Å². The smallest absolute Gasteiger partial charge is 0.316 e. The zero-order valence-corrected chi connectivity index (χ0v) is 13.6. The molecule has 2 aromatic carbocycles. The number of nitrogens with two attached hydrogens (primary N) is 1. The Morgan fingerprint density at radius 3 is 2.58 bits per heavy atom. The standard InChI is InChI=1S/C18H23N3O3/c1-12(9-13-5-7-16(22)8-6-13)20-11-17(23)14-3-2-4-15(10-14)21-18(19)24/h2-8,10,12,17,20,22-23H,9,11H2,1H3,(H3,19,21,24). The van der Waals surface area contributed by atoms with Gasteiger partial charge in [-0.25, -0.2) is 4.79 Å². The van der Waals surface area contributed by atoms with E-state index in [0.717, 1.165) is 12.0 Å². The highest BCUT2D eigenvalue weighted by Gasteiger charge is 2.11. The number of anilines is 1. The maximum Gasteiger partial charge on any atom is 0.316 e. The minimum atomic E-state index is -0.693. The number of carbonyl (C=O) groups excluding carboxylic acids is 1. The number of phenols is 1. The van der Waals surface area contributed by atoms with Gasteiger partial charge in [0.05, 0.1) is 6.10 Å². The molecule has 0 spiro atoms. The van der Waals surface area contributed by atoms with Crippen LogP contribution in [0.4, 0.5) is 10.5 Å². The SMILES string of the molecule is CC(Cc1ccc(O)cc1)NCC(O)c1cccc(NC(N)=O)c1. The highest BCUT2D eigenvalue weighted by Crippen LogP contribution is 2.17. The van der Waals surface area contributed by atoms with Crippen LogP contribution in [0.5, 0.6) is 5.75 Å². The first-order valence-corrected chi connectivity index (χ1v) is 7.80. The summed E-state index contributed by atoms with van der Waals surface area (Å²) in [7, 11) is 0. The lowest BCUT2D eigenvalue weighted by Crippen LogP contribution is -2.32. The van der Waals surface area contributed by atoms with Gasteiger partial charge < -0.3 is 26.6 Å². The largest absolute Gasteiger partial charge is 0.508 e. The maximum absolute atomic E-state index is 10.9. The number of aromatic hydroxyl groups is 1. The average Bonchev–Trinajstić information content (AvgIpc) is 2.54. The van der Waals surface area contributed by atoms with Gasteiger partial charge in [-0.3, -0.25) is 0 Å². The summed E-state index contributed by atoms with van der Waals surface area (Å²) in [5.74, 6) is 0.249. The fourth-order valence-corrected chi connectivity index (χ4v) is 2.45. The molecular formula is C18H23N3O3. The van der Waals surface area contributed by atoms with Crippen LogP contribution in [-0.4, -0.2) is 28.8 Å². The van der Waals surface area contributed by atoms with Crippen LogP contribution in [0.25, 0.3) is 0 Å². The summed E-state index contributed by atoms with van der Waals surface area (Å²) < 4.78 is 0. The molecule has 0 radical (unpaired) electrons. The Hall–Kier alpha value is -2.57. The fraction of sp³-hybridized carbons (Fsp3) is 0.278. The van der Waals surface area contributed by atoms with E-state index in [-0.39, 0.29) is 11.8 Å². The minimum Gasteiger partial charge on any atom is -0.508 e. The summed E-state index contributed by atoms with van der Waals surface area (Å²) >= 11 is 0. The lowest BCUT2D eigenvalue weighted by Gasteiger charge is -2.18. The Labute approximate surface area is 141 Å². The maximum atomic E-state index is 10.9. The molecule has 2 amide bonds. The second kappa shape index (κ2) is 8.33. The predicted molar refractivity (Wildman–Crippen MR) is 93.9 cm³/mol. The Morgan fingerprint density at radius 2 is 1.92 bits per heavy atom. The second-order valence-electron chi connectivity index (χ2n) is 5.81. The summed E-state index contributed by atoms with van der Waals surface area (Å²) in [6.07, 6.45) is 0.0953. The monoisotopic (exact) mass is 329 g/mol. The molecule has 2 unspecified atom stereocenters. The minimum absolute atomic E-state index is 0.163. The number of phenolic OH excluding ortho intramolecular Hbond substituents is 1. The summed E-state index contributed by atoms with van der Waals surface area (Å²) in [6.45, 7) is 2.42. The molecule has 6 N–H and O–H groups in total. The number of nitrogens with one attached hydrogen (secondary N) is 2. The molecule has 6 heteroatoms. The molecule has 2 rings (SSSR count). The zero-order valence-electron chi connectivity index (χ0n) is 13.6. The van der Waals surface area contributed by atoms with Crippen LogP contribution in [0.3, 0.4) is 0 Å². The van der Waals surface area contributed by atoms with Crippen LogP contribution in [0.15, 0.2) is 48.5 Å². The van der Waals surface area contributed by atoms with Gasteiger partial charge in [0, 0.05) is 18.3 Å². The Morgan fingerprint density at radius 1 is 1.21 bits per heavy atom. The van der Waals surface area contributed by atoms with Crippen molar-refractivity contribution in [3.05, 3.63) is 59.7 Å². The second-order valence-corrected chi connectivity index (χ2v) is 5.81. The van der Waals surface area contributed by atoms with E-state index in [4.69, 9.17) is 5.73 Å². The van der Waals surface area contributed by atoms with Crippen molar-refractivity contribution in [1.82, 2.24) is 5.32 Å². The lowest BCUT2D eigenvalue weighted by molar-refractivity contribution is 0.170. The highest BCUT2D eigenvalue weighted by atomic mass is 16.3. The highest BCUT2D eigenvalue weighted by molar-refractivity contribution is 5.87. The van der Waals surface area contributed by atoms with Gasteiger partial charge in [-0.15, -0.1) is 0 Å². The average molecular weight is 329 g/mol. The first kappa shape index (κ1) is 17.8. The number of amides is 2. The molecule has 0 saturated heterocycles. The number of hydrogen-bond donors (Lipinski definition) is 5. The van der Waals surface area contributed by atoms with Crippen molar-refractivity contribution in [2.45, 2.75) is 25.5 Å². The molecule has 24 heavy (non-hydrogen) atoms. The van der Waals surface area contributed by atoms with E-state index in [1.54, 1.807) is 36.4 Å². The molecule has 0 aliphatic rings. The number of rotatable bonds is 7. The third kappa shape index (κ3) is 5.57. The Kier molecular flexibility index (Phi) is 6.17. The summed E-state index contributed by atoms with van der Waals surface area (Å²) in [4.78, 5) is 10.9. The number of primary amides is 1. The molecule has 2 aromatic rings. The number of carbonyl (C=O) groups is 1. The van der Waals surface area contributed by atoms with E-state index in [1.807, 2.05) is 19.1 Å². The third-order valence-corrected chi connectivity index (χ3v) is 3.68. The lowest BCUT2D eigenvalue weighted by atomic mass is 10.1. The first-order chi connectivity index (χ1) is 11.4. The number of urea groups is 1. The Balaban J connectivity index is 1.86. The van der Waals surface area contributed by atoms with Gasteiger partial charge >= 0.3 is 6.03 Å².